The first-order valence-corrected chi connectivity index (χ1v) is 25.7. The zero-order valence-corrected chi connectivity index (χ0v) is 42.1. The van der Waals surface area contributed by atoms with E-state index >= 15 is 0 Å². The maximum atomic E-state index is 12.8. The van der Waals surface area contributed by atoms with E-state index in [4.69, 9.17) is 18.9 Å². The van der Waals surface area contributed by atoms with Crippen LogP contribution in [0.5, 0.6) is 0 Å². The second kappa shape index (κ2) is 47.0. The molecule has 0 spiro atoms. The van der Waals surface area contributed by atoms with Crippen molar-refractivity contribution in [1.82, 2.24) is 0 Å². The van der Waals surface area contributed by atoms with E-state index in [0.717, 1.165) is 96.3 Å². The second-order valence-corrected chi connectivity index (χ2v) is 18.1. The molecular weight excluding hydrogens is 815 g/mol. The molecule has 0 saturated carbocycles. The summed E-state index contributed by atoms with van der Waals surface area (Å²) < 4.78 is 22.6. The van der Waals surface area contributed by atoms with Crippen LogP contribution in [0.25, 0.3) is 0 Å². The quantitative estimate of drug-likeness (QED) is 0.0195. The lowest BCUT2D eigenvalue weighted by Crippen LogP contribution is -2.44. The third kappa shape index (κ3) is 48.2. The minimum absolute atomic E-state index is 0.139. The predicted octanol–water partition coefficient (Wildman–Crippen LogP) is 13.1. The molecule has 0 amide bonds. The first-order chi connectivity index (χ1) is 31.6. The van der Waals surface area contributed by atoms with Crippen molar-refractivity contribution >= 4 is 17.9 Å². The van der Waals surface area contributed by atoms with Crippen molar-refractivity contribution in [3.8, 4) is 0 Å². The Morgan fingerprint density at radius 3 is 1.31 bits per heavy atom. The topological polar surface area (TPSA) is 111 Å². The van der Waals surface area contributed by atoms with E-state index in [1.54, 1.807) is 0 Å². The van der Waals surface area contributed by atoms with Crippen molar-refractivity contribution < 1.29 is 42.9 Å². The normalized spacial score (nSPS) is 13.6. The van der Waals surface area contributed by atoms with Gasteiger partial charge in [-0.15, -0.1) is 0 Å². The standard InChI is InChI=1S/C56H95NO8/c1-6-8-10-12-14-16-18-20-22-24-26-27-29-31-33-35-37-39-41-43-45-47-54(59)65-52(51-64-56(55(60)61)62-49-48-57(3,4)5)50-63-53(58)46-44-42-40-38-36-34-32-30-28-25-23-21-19-17-15-13-11-9-7-2/h8,10,14-17,20-23,26-28,30,52,56H,6-7,9,11-13,18-19,24-25,29,31-51H2,1-5H3/b10-8-,16-14-,17-15-,22-20-,23-21-,27-26-,30-28-. The Labute approximate surface area is 398 Å². The molecule has 9 nitrogen and oxygen atoms in total. The number of carboxylic acid groups (broad SMARTS) is 1. The molecule has 2 atom stereocenters. The van der Waals surface area contributed by atoms with Crippen LogP contribution < -0.4 is 5.11 Å². The number of hydrogen-bond acceptors (Lipinski definition) is 8. The number of carbonyl (C=O) groups excluding carboxylic acids is 3. The van der Waals surface area contributed by atoms with Crippen molar-refractivity contribution in [2.75, 3.05) is 47.5 Å². The lowest BCUT2D eigenvalue weighted by molar-refractivity contribution is -0.870. The van der Waals surface area contributed by atoms with Crippen molar-refractivity contribution in [2.24, 2.45) is 0 Å². The molecule has 0 fully saturated rings. The largest absolute Gasteiger partial charge is 0.545 e. The lowest BCUT2D eigenvalue weighted by Gasteiger charge is -2.26. The van der Waals surface area contributed by atoms with Gasteiger partial charge in [0.05, 0.1) is 40.3 Å². The number of unbranched alkanes of at least 4 members (excludes halogenated alkanes) is 17. The molecule has 0 aromatic carbocycles. The molecule has 0 saturated heterocycles. The molecule has 9 heteroatoms. The van der Waals surface area contributed by atoms with E-state index in [9.17, 15) is 19.5 Å². The number of carbonyl (C=O) groups is 3. The summed E-state index contributed by atoms with van der Waals surface area (Å²) in [5.74, 6) is -2.32. The number of quaternary nitrogens is 1. The smallest absolute Gasteiger partial charge is 0.306 e. The SMILES string of the molecule is CC/C=C\C/C=C\C/C=C\C/C=C\CCCCCCCCCCC(=O)OC(COC(=O)CCCCCCCC/C=C\C/C=C\C/C=C\CCCCC)COC(OCC[N+](C)(C)C)C(=O)[O-]. The van der Waals surface area contributed by atoms with Crippen molar-refractivity contribution in [2.45, 2.75) is 206 Å². The molecule has 0 bridgehead atoms. The van der Waals surface area contributed by atoms with Crippen LogP contribution in [0.1, 0.15) is 194 Å². The van der Waals surface area contributed by atoms with Gasteiger partial charge in [0.15, 0.2) is 12.4 Å². The molecule has 0 rings (SSSR count). The summed E-state index contributed by atoms with van der Waals surface area (Å²) in [6.45, 7) is 4.57. The summed E-state index contributed by atoms with van der Waals surface area (Å²) >= 11 is 0. The molecule has 2 unspecified atom stereocenters. The molecule has 0 aromatic heterocycles. The summed E-state index contributed by atoms with van der Waals surface area (Å²) in [5, 5.41) is 11.7. The van der Waals surface area contributed by atoms with Gasteiger partial charge in [-0.25, -0.2) is 0 Å². The van der Waals surface area contributed by atoms with Gasteiger partial charge in [0.1, 0.15) is 13.2 Å². The van der Waals surface area contributed by atoms with Gasteiger partial charge in [-0.3, -0.25) is 9.59 Å². The van der Waals surface area contributed by atoms with E-state index in [-0.39, 0.29) is 38.6 Å². The fourth-order valence-electron chi connectivity index (χ4n) is 6.65. The number of nitrogens with zero attached hydrogens (tertiary/aromatic N) is 1. The van der Waals surface area contributed by atoms with Crippen LogP contribution in [0.15, 0.2) is 85.1 Å². The number of ether oxygens (including phenoxy) is 4. The summed E-state index contributed by atoms with van der Waals surface area (Å²) in [7, 11) is 5.90. The van der Waals surface area contributed by atoms with E-state index < -0.39 is 24.3 Å². The van der Waals surface area contributed by atoms with Crippen LogP contribution >= 0.6 is 0 Å². The fraction of sp³-hybridized carbons (Fsp3) is 0.696. The molecule has 0 aromatic rings. The van der Waals surface area contributed by atoms with Gasteiger partial charge in [-0.05, 0) is 89.9 Å². The second-order valence-electron chi connectivity index (χ2n) is 18.1. The molecule has 0 aliphatic heterocycles. The Morgan fingerprint density at radius 2 is 0.877 bits per heavy atom. The van der Waals surface area contributed by atoms with Gasteiger partial charge in [0.2, 0.25) is 0 Å². The van der Waals surface area contributed by atoms with Crippen LogP contribution in [-0.4, -0.2) is 82.3 Å². The first-order valence-electron chi connectivity index (χ1n) is 25.7. The Balaban J connectivity index is 4.40. The highest BCUT2D eigenvalue weighted by Gasteiger charge is 2.21. The average molecular weight is 910 g/mol. The third-order valence-electron chi connectivity index (χ3n) is 10.6. The minimum Gasteiger partial charge on any atom is -0.545 e. The molecule has 0 N–H and O–H groups in total. The van der Waals surface area contributed by atoms with Crippen LogP contribution in [0.3, 0.4) is 0 Å². The van der Waals surface area contributed by atoms with Crippen LogP contribution in [0, 0.1) is 0 Å². The van der Waals surface area contributed by atoms with Crippen molar-refractivity contribution in [1.29, 1.82) is 0 Å². The maximum absolute atomic E-state index is 12.8. The zero-order valence-electron chi connectivity index (χ0n) is 42.1. The van der Waals surface area contributed by atoms with Gasteiger partial charge in [0, 0.05) is 12.8 Å². The minimum atomic E-state index is -1.63. The molecule has 65 heavy (non-hydrogen) atoms. The summed E-state index contributed by atoms with van der Waals surface area (Å²) in [6, 6.07) is 0. The van der Waals surface area contributed by atoms with Crippen LogP contribution in [0.4, 0.5) is 0 Å². The number of likely N-dealkylation sites (N-methyl/N-ethyl adjacent to an activating group) is 1. The Bertz CT molecular complexity index is 1340. The molecule has 0 aliphatic carbocycles. The molecule has 0 heterocycles. The van der Waals surface area contributed by atoms with Gasteiger partial charge >= 0.3 is 11.9 Å². The van der Waals surface area contributed by atoms with Crippen molar-refractivity contribution in [3.05, 3.63) is 85.1 Å². The number of allylic oxidation sites excluding steroid dienone is 14. The average Bonchev–Trinajstić information content (AvgIpc) is 3.27. The third-order valence-corrected chi connectivity index (χ3v) is 10.6. The Hall–Kier alpha value is -3.53. The van der Waals surface area contributed by atoms with E-state index in [1.807, 2.05) is 21.1 Å². The zero-order chi connectivity index (χ0) is 47.7. The summed E-state index contributed by atoms with van der Waals surface area (Å²) in [6.07, 6.45) is 57.5. The summed E-state index contributed by atoms with van der Waals surface area (Å²) in [4.78, 5) is 37.2. The molecular formula is C56H95NO8. The van der Waals surface area contributed by atoms with Gasteiger partial charge < -0.3 is 33.3 Å². The highest BCUT2D eigenvalue weighted by Crippen LogP contribution is 2.14. The highest BCUT2D eigenvalue weighted by atomic mass is 16.7. The van der Waals surface area contributed by atoms with E-state index in [2.05, 4.69) is 98.9 Å². The molecule has 372 valence electrons. The lowest BCUT2D eigenvalue weighted by atomic mass is 10.1. The number of hydrogen-bond donors (Lipinski definition) is 0. The van der Waals surface area contributed by atoms with E-state index in [1.165, 1.54) is 64.2 Å². The predicted molar refractivity (Wildman–Crippen MR) is 269 cm³/mol. The number of aliphatic carboxylic acids is 1. The Kier molecular flexibility index (Phi) is 44.4. The van der Waals surface area contributed by atoms with Gasteiger partial charge in [-0.1, -0.05) is 176 Å². The van der Waals surface area contributed by atoms with Crippen LogP contribution in [-0.2, 0) is 33.3 Å². The van der Waals surface area contributed by atoms with E-state index in [0.29, 0.717) is 17.4 Å². The Morgan fingerprint density at radius 1 is 0.477 bits per heavy atom. The fourth-order valence-corrected chi connectivity index (χ4v) is 6.65. The van der Waals surface area contributed by atoms with Gasteiger partial charge in [-0.2, -0.15) is 0 Å². The number of rotatable bonds is 46. The number of esters is 2. The van der Waals surface area contributed by atoms with Crippen LogP contribution in [0.2, 0.25) is 0 Å². The first kappa shape index (κ1) is 61.5. The monoisotopic (exact) mass is 910 g/mol. The van der Waals surface area contributed by atoms with Gasteiger partial charge in [0.25, 0.3) is 0 Å². The maximum Gasteiger partial charge on any atom is 0.306 e. The molecule has 0 radical (unpaired) electrons. The highest BCUT2D eigenvalue weighted by molar-refractivity contribution is 5.70. The van der Waals surface area contributed by atoms with Crippen molar-refractivity contribution in [3.63, 3.8) is 0 Å². The molecule has 0 aliphatic rings. The number of carboxylic acids is 1. The summed E-state index contributed by atoms with van der Waals surface area (Å²) in [5.41, 5.74) is 0.